The lowest BCUT2D eigenvalue weighted by Gasteiger charge is -2.03. The molecule has 0 bridgehead atoms. The Labute approximate surface area is 88.1 Å². The molecule has 0 aliphatic rings. The Morgan fingerprint density at radius 2 is 2.33 bits per heavy atom. The lowest BCUT2D eigenvalue weighted by Crippen LogP contribution is -2.00. The first-order chi connectivity index (χ1) is 7.25. The van der Waals surface area contributed by atoms with Gasteiger partial charge in [0.05, 0.1) is 24.6 Å². The lowest BCUT2D eigenvalue weighted by atomic mass is 10.4. The Morgan fingerprint density at radius 3 is 2.93 bits per heavy atom. The van der Waals surface area contributed by atoms with Crippen molar-refractivity contribution in [2.75, 3.05) is 5.32 Å². The second kappa shape index (κ2) is 4.16. The Balaban J connectivity index is 1.94. The molecular formula is C10H14N4O. The molecule has 80 valence electrons. The number of oxazole rings is 1. The summed E-state index contributed by atoms with van der Waals surface area (Å²) in [4.78, 5) is 3.84. The Bertz CT molecular complexity index is 405. The zero-order valence-electron chi connectivity index (χ0n) is 8.84. The molecule has 0 saturated carbocycles. The summed E-state index contributed by atoms with van der Waals surface area (Å²) in [6.45, 7) is 4.81. The molecule has 2 aromatic rings. The van der Waals surface area contributed by atoms with E-state index in [1.165, 1.54) is 6.39 Å². The lowest BCUT2D eigenvalue weighted by molar-refractivity contribution is 0.511. The molecule has 0 atom stereocenters. The fraction of sp³-hybridized carbons (Fsp3) is 0.400. The van der Waals surface area contributed by atoms with Crippen molar-refractivity contribution >= 4 is 5.69 Å². The number of aromatic nitrogens is 3. The summed E-state index contributed by atoms with van der Waals surface area (Å²) in [5.74, 6) is 0.812. The van der Waals surface area contributed by atoms with Gasteiger partial charge in [0.25, 0.3) is 0 Å². The predicted molar refractivity (Wildman–Crippen MR) is 56.4 cm³/mol. The smallest absolute Gasteiger partial charge is 0.180 e. The normalized spacial score (nSPS) is 10.9. The van der Waals surface area contributed by atoms with Gasteiger partial charge in [-0.25, -0.2) is 4.98 Å². The van der Waals surface area contributed by atoms with Crippen LogP contribution in [0.25, 0.3) is 0 Å². The number of hydrogen-bond acceptors (Lipinski definition) is 4. The van der Waals surface area contributed by atoms with Crippen molar-refractivity contribution in [3.8, 4) is 0 Å². The molecular weight excluding hydrogens is 192 g/mol. The molecule has 0 saturated heterocycles. The first kappa shape index (κ1) is 9.76. The second-order valence-corrected chi connectivity index (χ2v) is 3.62. The highest BCUT2D eigenvalue weighted by Crippen LogP contribution is 2.11. The van der Waals surface area contributed by atoms with Crippen LogP contribution in [0.15, 0.2) is 29.4 Å². The zero-order valence-corrected chi connectivity index (χ0v) is 8.84. The minimum atomic E-state index is 0.380. The molecule has 0 aliphatic heterocycles. The summed E-state index contributed by atoms with van der Waals surface area (Å²) in [5.41, 5.74) is 0.986. The van der Waals surface area contributed by atoms with Crippen molar-refractivity contribution in [1.29, 1.82) is 0 Å². The van der Waals surface area contributed by atoms with E-state index in [9.17, 15) is 0 Å². The van der Waals surface area contributed by atoms with Gasteiger partial charge in [0, 0.05) is 12.2 Å². The van der Waals surface area contributed by atoms with Gasteiger partial charge in [-0.1, -0.05) is 0 Å². The van der Waals surface area contributed by atoms with Crippen molar-refractivity contribution in [3.05, 3.63) is 30.7 Å². The molecule has 15 heavy (non-hydrogen) atoms. The van der Waals surface area contributed by atoms with Crippen LogP contribution in [-0.4, -0.2) is 14.8 Å². The van der Waals surface area contributed by atoms with E-state index in [4.69, 9.17) is 4.42 Å². The maximum absolute atomic E-state index is 5.11. The Hall–Kier alpha value is -1.78. The van der Waals surface area contributed by atoms with Crippen molar-refractivity contribution in [2.24, 2.45) is 0 Å². The van der Waals surface area contributed by atoms with Crippen molar-refractivity contribution in [3.63, 3.8) is 0 Å². The average molecular weight is 206 g/mol. The van der Waals surface area contributed by atoms with E-state index in [0.717, 1.165) is 11.4 Å². The van der Waals surface area contributed by atoms with Crippen molar-refractivity contribution < 1.29 is 4.42 Å². The number of hydrogen-bond donors (Lipinski definition) is 1. The van der Waals surface area contributed by atoms with E-state index in [2.05, 4.69) is 29.2 Å². The SMILES string of the molecule is CC(C)n1cc(NCc2cnco2)cn1. The monoisotopic (exact) mass is 206 g/mol. The molecule has 0 aromatic carbocycles. The van der Waals surface area contributed by atoms with Crippen LogP contribution < -0.4 is 5.32 Å². The zero-order chi connectivity index (χ0) is 10.7. The Morgan fingerprint density at radius 1 is 1.47 bits per heavy atom. The molecule has 2 rings (SSSR count). The summed E-state index contributed by atoms with van der Waals surface area (Å²) in [6, 6.07) is 0.380. The minimum Gasteiger partial charge on any atom is -0.447 e. The van der Waals surface area contributed by atoms with E-state index >= 15 is 0 Å². The largest absolute Gasteiger partial charge is 0.447 e. The van der Waals surface area contributed by atoms with E-state index in [-0.39, 0.29) is 0 Å². The van der Waals surface area contributed by atoms with Crippen LogP contribution in [0, 0.1) is 0 Å². The van der Waals surface area contributed by atoms with Gasteiger partial charge in [-0.2, -0.15) is 5.10 Å². The summed E-state index contributed by atoms with van der Waals surface area (Å²) in [5, 5.41) is 7.43. The van der Waals surface area contributed by atoms with Gasteiger partial charge in [0.15, 0.2) is 6.39 Å². The molecule has 2 aromatic heterocycles. The second-order valence-electron chi connectivity index (χ2n) is 3.62. The number of nitrogens with zero attached hydrogens (tertiary/aromatic N) is 3. The molecule has 0 amide bonds. The average Bonchev–Trinajstić information content (AvgIpc) is 2.86. The quantitative estimate of drug-likeness (QED) is 0.831. The predicted octanol–water partition coefficient (Wildman–Crippen LogP) is 2.06. The third-order valence-corrected chi connectivity index (χ3v) is 2.08. The molecule has 2 heterocycles. The van der Waals surface area contributed by atoms with Gasteiger partial charge in [-0.15, -0.1) is 0 Å². The van der Waals surface area contributed by atoms with Crippen LogP contribution >= 0.6 is 0 Å². The summed E-state index contributed by atoms with van der Waals surface area (Å²) >= 11 is 0. The van der Waals surface area contributed by atoms with Crippen LogP contribution in [-0.2, 0) is 6.54 Å². The van der Waals surface area contributed by atoms with Crippen LogP contribution in [0.3, 0.4) is 0 Å². The highest BCUT2D eigenvalue weighted by atomic mass is 16.3. The van der Waals surface area contributed by atoms with Gasteiger partial charge in [0.1, 0.15) is 5.76 Å². The minimum absolute atomic E-state index is 0.380. The van der Waals surface area contributed by atoms with Crippen molar-refractivity contribution in [1.82, 2.24) is 14.8 Å². The number of nitrogens with one attached hydrogen (secondary N) is 1. The van der Waals surface area contributed by atoms with Gasteiger partial charge in [-0.3, -0.25) is 4.68 Å². The maximum Gasteiger partial charge on any atom is 0.180 e. The van der Waals surface area contributed by atoms with E-state index in [0.29, 0.717) is 12.6 Å². The van der Waals surface area contributed by atoms with Gasteiger partial charge in [-0.05, 0) is 13.8 Å². The highest BCUT2D eigenvalue weighted by Gasteiger charge is 2.02. The molecule has 0 fully saturated rings. The number of rotatable bonds is 4. The van der Waals surface area contributed by atoms with Gasteiger partial charge >= 0.3 is 0 Å². The fourth-order valence-electron chi connectivity index (χ4n) is 1.23. The molecule has 5 heteroatoms. The van der Waals surface area contributed by atoms with E-state index in [1.54, 1.807) is 12.4 Å². The molecule has 1 N–H and O–H groups in total. The van der Waals surface area contributed by atoms with E-state index in [1.807, 2.05) is 10.9 Å². The number of anilines is 1. The van der Waals surface area contributed by atoms with Crippen LogP contribution in [0.1, 0.15) is 25.6 Å². The first-order valence-electron chi connectivity index (χ1n) is 4.91. The fourth-order valence-corrected chi connectivity index (χ4v) is 1.23. The first-order valence-corrected chi connectivity index (χ1v) is 4.91. The van der Waals surface area contributed by atoms with Crippen LogP contribution in [0.2, 0.25) is 0 Å². The summed E-state index contributed by atoms with van der Waals surface area (Å²) in [6.07, 6.45) is 6.89. The van der Waals surface area contributed by atoms with E-state index < -0.39 is 0 Å². The van der Waals surface area contributed by atoms with Crippen LogP contribution in [0.5, 0.6) is 0 Å². The topological polar surface area (TPSA) is 55.9 Å². The van der Waals surface area contributed by atoms with Gasteiger partial charge < -0.3 is 9.73 Å². The molecule has 0 aliphatic carbocycles. The molecule has 0 radical (unpaired) electrons. The van der Waals surface area contributed by atoms with Gasteiger partial charge in [0.2, 0.25) is 0 Å². The molecule has 5 nitrogen and oxygen atoms in total. The molecule has 0 unspecified atom stereocenters. The molecule has 0 spiro atoms. The highest BCUT2D eigenvalue weighted by molar-refractivity contribution is 5.38. The third kappa shape index (κ3) is 2.37. The Kier molecular flexibility index (Phi) is 2.71. The summed E-state index contributed by atoms with van der Waals surface area (Å²) in [7, 11) is 0. The maximum atomic E-state index is 5.11. The third-order valence-electron chi connectivity index (χ3n) is 2.08. The van der Waals surface area contributed by atoms with Crippen molar-refractivity contribution in [2.45, 2.75) is 26.4 Å². The standard InChI is InChI=1S/C10H14N4O/c1-8(2)14-6-9(3-13-14)12-5-10-4-11-7-15-10/h3-4,6-8,12H,5H2,1-2H3. The summed E-state index contributed by atoms with van der Waals surface area (Å²) < 4.78 is 7.01. The van der Waals surface area contributed by atoms with Crippen LogP contribution in [0.4, 0.5) is 5.69 Å².